The van der Waals surface area contributed by atoms with E-state index in [2.05, 4.69) is 75.6 Å². The van der Waals surface area contributed by atoms with E-state index in [1.807, 2.05) is 37.4 Å². The first-order valence-corrected chi connectivity index (χ1v) is 17.1. The van der Waals surface area contributed by atoms with Crippen molar-refractivity contribution < 1.29 is 18.8 Å². The van der Waals surface area contributed by atoms with Crippen LogP contribution in [0, 0.1) is 18.8 Å². The molecule has 9 nitrogen and oxygen atoms in total. The molecule has 2 unspecified atom stereocenters. The molecule has 0 aliphatic rings. The van der Waals surface area contributed by atoms with Crippen LogP contribution in [0.2, 0.25) is 0 Å². The second-order valence-electron chi connectivity index (χ2n) is 11.7. The van der Waals surface area contributed by atoms with Crippen LogP contribution in [0.1, 0.15) is 110 Å². The summed E-state index contributed by atoms with van der Waals surface area (Å²) in [6.45, 7) is 22.0. The molecule has 0 radical (unpaired) electrons. The molecule has 258 valence electrons. The van der Waals surface area contributed by atoms with Crippen molar-refractivity contribution in [1.29, 1.82) is 0 Å². The van der Waals surface area contributed by atoms with E-state index in [1.54, 1.807) is 19.9 Å². The number of nitrogens with one attached hydrogen (secondary N) is 3. The first kappa shape index (κ1) is 44.3. The molecule has 3 amide bonds. The Hall–Kier alpha value is -2.82. The van der Waals surface area contributed by atoms with Crippen molar-refractivity contribution in [1.82, 2.24) is 20.3 Å². The van der Waals surface area contributed by atoms with Crippen molar-refractivity contribution >= 4 is 29.7 Å². The van der Waals surface area contributed by atoms with Gasteiger partial charge in [-0.15, -0.1) is 0 Å². The van der Waals surface area contributed by atoms with E-state index in [4.69, 9.17) is 10.2 Å². The minimum Gasteiger partial charge on any atom is -0.453 e. The lowest BCUT2D eigenvalue weighted by Gasteiger charge is -2.17. The van der Waals surface area contributed by atoms with Gasteiger partial charge in [-0.2, -0.15) is 0 Å². The average molecular weight is 650 g/mol. The van der Waals surface area contributed by atoms with Crippen LogP contribution in [0.3, 0.4) is 0 Å². The Morgan fingerprint density at radius 3 is 2.02 bits per heavy atom. The Morgan fingerprint density at radius 2 is 1.49 bits per heavy atom. The molecule has 1 aromatic heterocycles. The first-order valence-electron chi connectivity index (χ1n) is 16.4. The second kappa shape index (κ2) is 27.5. The summed E-state index contributed by atoms with van der Waals surface area (Å²) >= 11 is 1.45. The number of hydrogen-bond acceptors (Lipinski definition) is 7. The normalized spacial score (nSPS) is 11.5. The highest BCUT2D eigenvalue weighted by Gasteiger charge is 2.20. The van der Waals surface area contributed by atoms with E-state index in [9.17, 15) is 14.4 Å². The summed E-state index contributed by atoms with van der Waals surface area (Å²) in [6, 6.07) is 10.9. The maximum absolute atomic E-state index is 12.6. The molecule has 0 saturated carbocycles. The summed E-state index contributed by atoms with van der Waals surface area (Å²) in [5.74, 6) is 0.183. The SMILES string of the molecule is CC(C)C.CCC.CCC.CCCN(C)Sc1cc(C(=O)NCC(N)CC(C)C(=O)NCC(=O)NCc2ccccc2)c(C)o1. The highest BCUT2D eigenvalue weighted by molar-refractivity contribution is 7.96. The summed E-state index contributed by atoms with van der Waals surface area (Å²) in [6.07, 6.45) is 3.89. The van der Waals surface area contributed by atoms with Crippen molar-refractivity contribution in [3.05, 3.63) is 53.3 Å². The summed E-state index contributed by atoms with van der Waals surface area (Å²) < 4.78 is 7.74. The number of furan rings is 1. The fourth-order valence-electron chi connectivity index (χ4n) is 3.40. The quantitative estimate of drug-likeness (QED) is 0.163. The Labute approximate surface area is 278 Å². The van der Waals surface area contributed by atoms with Crippen LogP contribution in [0.15, 0.2) is 45.9 Å². The van der Waals surface area contributed by atoms with Crippen molar-refractivity contribution in [3.63, 3.8) is 0 Å². The zero-order valence-corrected chi connectivity index (χ0v) is 30.7. The van der Waals surface area contributed by atoms with Gasteiger partial charge in [-0.1, -0.05) is 105 Å². The lowest BCUT2D eigenvalue weighted by Crippen LogP contribution is -2.42. The Balaban J connectivity index is 0. The Kier molecular flexibility index (Phi) is 27.1. The van der Waals surface area contributed by atoms with Crippen LogP contribution in [-0.2, 0) is 16.1 Å². The second-order valence-corrected chi connectivity index (χ2v) is 12.9. The van der Waals surface area contributed by atoms with E-state index in [0.717, 1.165) is 24.4 Å². The molecule has 2 rings (SSSR count). The molecule has 0 fully saturated rings. The molecular weight excluding hydrogens is 586 g/mol. The molecule has 0 spiro atoms. The summed E-state index contributed by atoms with van der Waals surface area (Å²) in [7, 11) is 1.97. The number of carbonyl (C=O) groups is 3. The summed E-state index contributed by atoms with van der Waals surface area (Å²) in [5.41, 5.74) is 7.59. The molecule has 0 bridgehead atoms. The zero-order chi connectivity index (χ0) is 34.8. The van der Waals surface area contributed by atoms with Crippen LogP contribution in [0.25, 0.3) is 0 Å². The van der Waals surface area contributed by atoms with Crippen molar-refractivity contribution in [2.24, 2.45) is 17.6 Å². The molecule has 1 heterocycles. The van der Waals surface area contributed by atoms with Crippen LogP contribution >= 0.6 is 11.9 Å². The number of rotatable bonds is 14. The standard InChI is InChI=1S/C25H37N5O4S.C4H10.2C3H8/c1-5-11-30(4)35-23-13-21(18(3)34-23)25(33)28-15-20(26)12-17(2)24(32)29-16-22(31)27-14-19-9-7-6-8-10-19;1-4(2)3;2*1-3-2/h6-10,13,17,20H,5,11-12,14-16,26H2,1-4H3,(H,27,31)(H,28,33)(H,29,32);4H,1-3H3;2*3H2,1-2H3. The van der Waals surface area contributed by atoms with Gasteiger partial charge in [0.1, 0.15) is 5.76 Å². The van der Waals surface area contributed by atoms with Gasteiger partial charge in [0, 0.05) is 37.7 Å². The largest absolute Gasteiger partial charge is 0.453 e. The van der Waals surface area contributed by atoms with E-state index in [0.29, 0.717) is 29.4 Å². The van der Waals surface area contributed by atoms with Gasteiger partial charge in [-0.3, -0.25) is 14.4 Å². The maximum Gasteiger partial charge on any atom is 0.254 e. The third kappa shape index (κ3) is 24.1. The summed E-state index contributed by atoms with van der Waals surface area (Å²) in [4.78, 5) is 36.9. The molecule has 10 heteroatoms. The number of carbonyl (C=O) groups excluding carboxylic acids is 3. The van der Waals surface area contributed by atoms with Crippen molar-refractivity contribution in [2.75, 3.05) is 26.7 Å². The van der Waals surface area contributed by atoms with Crippen molar-refractivity contribution in [2.45, 2.75) is 113 Å². The van der Waals surface area contributed by atoms with Crippen LogP contribution < -0.4 is 21.7 Å². The topological polar surface area (TPSA) is 130 Å². The number of benzene rings is 1. The molecule has 0 aliphatic carbocycles. The third-order valence-electron chi connectivity index (χ3n) is 5.31. The third-order valence-corrected chi connectivity index (χ3v) is 6.18. The molecule has 2 aromatic rings. The molecule has 45 heavy (non-hydrogen) atoms. The van der Waals surface area contributed by atoms with Crippen molar-refractivity contribution in [3.8, 4) is 0 Å². The predicted octanol–water partition coefficient (Wildman–Crippen LogP) is 6.95. The molecule has 5 N–H and O–H groups in total. The molecule has 1 aromatic carbocycles. The minimum atomic E-state index is -0.414. The van der Waals surface area contributed by atoms with Gasteiger partial charge in [0.2, 0.25) is 11.8 Å². The number of amides is 3. The number of hydrogen-bond donors (Lipinski definition) is 4. The van der Waals surface area contributed by atoms with E-state index >= 15 is 0 Å². The molecule has 0 saturated heterocycles. The van der Waals surface area contributed by atoms with Gasteiger partial charge in [-0.05, 0) is 50.2 Å². The van der Waals surface area contributed by atoms with E-state index < -0.39 is 12.0 Å². The van der Waals surface area contributed by atoms with Crippen LogP contribution in [0.5, 0.6) is 0 Å². The van der Waals surface area contributed by atoms with E-state index in [-0.39, 0.29) is 30.8 Å². The average Bonchev–Trinajstić information content (AvgIpc) is 3.34. The van der Waals surface area contributed by atoms with E-state index in [1.165, 1.54) is 24.8 Å². The van der Waals surface area contributed by atoms with Gasteiger partial charge in [-0.25, -0.2) is 4.31 Å². The number of nitrogens with zero attached hydrogens (tertiary/aromatic N) is 1. The van der Waals surface area contributed by atoms with Crippen LogP contribution in [-0.4, -0.2) is 54.8 Å². The highest BCUT2D eigenvalue weighted by atomic mass is 32.2. The lowest BCUT2D eigenvalue weighted by atomic mass is 10.0. The Bertz CT molecular complexity index is 1040. The van der Waals surface area contributed by atoms with Gasteiger partial charge in [0.05, 0.1) is 12.1 Å². The maximum atomic E-state index is 12.6. The molecule has 2 atom stereocenters. The number of aryl methyl sites for hydroxylation is 1. The zero-order valence-electron chi connectivity index (χ0n) is 29.9. The highest BCUT2D eigenvalue weighted by Crippen LogP contribution is 2.26. The van der Waals surface area contributed by atoms with Gasteiger partial charge in [0.25, 0.3) is 5.91 Å². The van der Waals surface area contributed by atoms with Crippen LogP contribution in [0.4, 0.5) is 0 Å². The van der Waals surface area contributed by atoms with Gasteiger partial charge < -0.3 is 26.1 Å². The fraction of sp³-hybridized carbons (Fsp3) is 0.629. The van der Waals surface area contributed by atoms with Gasteiger partial charge in [0.15, 0.2) is 5.09 Å². The minimum absolute atomic E-state index is 0.102. The lowest BCUT2D eigenvalue weighted by molar-refractivity contribution is -0.128. The Morgan fingerprint density at radius 1 is 0.933 bits per heavy atom. The first-order chi connectivity index (χ1) is 21.2. The molecular formula is C35H63N5O4S. The smallest absolute Gasteiger partial charge is 0.254 e. The number of nitrogens with two attached hydrogens (primary N) is 1. The fourth-order valence-corrected chi connectivity index (χ4v) is 4.32. The summed E-state index contributed by atoms with van der Waals surface area (Å²) in [5, 5.41) is 8.88. The monoisotopic (exact) mass is 649 g/mol. The van der Waals surface area contributed by atoms with Gasteiger partial charge >= 0.3 is 0 Å². The molecule has 0 aliphatic heterocycles. The predicted molar refractivity (Wildman–Crippen MR) is 190 cm³/mol.